The van der Waals surface area contributed by atoms with Crippen LogP contribution in [0.2, 0.25) is 0 Å². The fraction of sp³-hybridized carbons (Fsp3) is 0.0811. The van der Waals surface area contributed by atoms with Gasteiger partial charge in [0.2, 0.25) is 5.91 Å². The van der Waals surface area contributed by atoms with Crippen LogP contribution < -0.4 is 11.1 Å². The van der Waals surface area contributed by atoms with Gasteiger partial charge >= 0.3 is 5.97 Å². The second-order valence-electron chi connectivity index (χ2n) is 12.0. The predicted molar refractivity (Wildman–Crippen MR) is 190 cm³/mol. The molecule has 0 saturated carbocycles. The molecule has 0 saturated heterocycles. The number of nitrogens with two attached hydrogens (primary N) is 1. The maximum Gasteiger partial charge on any atom is 0.326 e. The molecule has 13 heteroatoms. The van der Waals surface area contributed by atoms with Crippen molar-refractivity contribution in [2.45, 2.75) is 18.9 Å². The van der Waals surface area contributed by atoms with Crippen LogP contribution >= 0.6 is 0 Å². The molecular formula is C37H26N10O3. The summed E-state index contributed by atoms with van der Waals surface area (Å²) in [5.74, 6) is 0.125. The summed E-state index contributed by atoms with van der Waals surface area (Å²) in [6.07, 6.45) is -0.0962. The lowest BCUT2D eigenvalue weighted by atomic mass is 10.1. The fourth-order valence-electron chi connectivity index (χ4n) is 6.54. The van der Waals surface area contributed by atoms with Gasteiger partial charge in [-0.25, -0.2) is 34.7 Å². The topological polar surface area (TPSA) is 201 Å². The number of amides is 1. The number of H-pyrrole nitrogens is 2. The van der Waals surface area contributed by atoms with E-state index in [1.807, 2.05) is 78.9 Å². The van der Waals surface area contributed by atoms with Crippen LogP contribution in [0.25, 0.3) is 89.7 Å². The summed E-state index contributed by atoms with van der Waals surface area (Å²) in [6, 6.07) is 27.7. The predicted octanol–water partition coefficient (Wildman–Crippen LogP) is 6.00. The van der Waals surface area contributed by atoms with E-state index in [2.05, 4.69) is 15.3 Å². The lowest BCUT2D eigenvalue weighted by Gasteiger charge is -2.16. The molecule has 6 N–H and O–H groups in total. The van der Waals surface area contributed by atoms with Gasteiger partial charge in [-0.3, -0.25) is 4.79 Å². The van der Waals surface area contributed by atoms with Gasteiger partial charge in [0.1, 0.15) is 28.6 Å². The van der Waals surface area contributed by atoms with Crippen LogP contribution in [0, 0.1) is 0 Å². The Kier molecular flexibility index (Phi) is 6.59. The van der Waals surface area contributed by atoms with Crippen molar-refractivity contribution in [1.29, 1.82) is 0 Å². The maximum absolute atomic E-state index is 12.3. The highest BCUT2D eigenvalue weighted by Crippen LogP contribution is 2.38. The van der Waals surface area contributed by atoms with Gasteiger partial charge in [0, 0.05) is 50.5 Å². The van der Waals surface area contributed by atoms with Gasteiger partial charge in [0.15, 0.2) is 23.3 Å². The summed E-state index contributed by atoms with van der Waals surface area (Å²) >= 11 is 0. The Morgan fingerprint density at radius 3 is 1.54 bits per heavy atom. The summed E-state index contributed by atoms with van der Waals surface area (Å²) in [4.78, 5) is 60.5. The number of anilines is 1. The average Bonchev–Trinajstić information content (AvgIpc) is 3.86. The van der Waals surface area contributed by atoms with Crippen LogP contribution in [-0.2, 0) is 9.59 Å². The van der Waals surface area contributed by atoms with Crippen LogP contribution in [0.3, 0.4) is 0 Å². The van der Waals surface area contributed by atoms with Crippen LogP contribution in [0.5, 0.6) is 0 Å². The Hall–Kier alpha value is -7.02. The zero-order valence-electron chi connectivity index (χ0n) is 26.2. The Bertz CT molecular complexity index is 2730. The molecule has 1 amide bonds. The molecule has 2 aliphatic heterocycles. The molecular weight excluding hydrogens is 632 g/mol. The maximum atomic E-state index is 12.3. The smallest absolute Gasteiger partial charge is 0.326 e. The number of carboxylic acid groups (broad SMARTS) is 1. The molecule has 9 rings (SSSR count). The summed E-state index contributed by atoms with van der Waals surface area (Å²) in [6.45, 7) is 0. The van der Waals surface area contributed by atoms with Gasteiger partial charge in [-0.05, 0) is 12.5 Å². The van der Waals surface area contributed by atoms with Gasteiger partial charge in [0.05, 0.1) is 5.39 Å². The fourth-order valence-corrected chi connectivity index (χ4v) is 6.54. The Morgan fingerprint density at radius 1 is 0.600 bits per heavy atom. The number of rotatable bonds is 6. The second kappa shape index (κ2) is 11.3. The normalized spacial score (nSPS) is 12.4. The average molecular weight is 659 g/mol. The number of hydrogen-bond acceptors (Lipinski definition) is 9. The molecule has 8 bridgehead atoms. The third-order valence-corrected chi connectivity index (χ3v) is 8.89. The number of carbonyl (C=O) groups is 2. The highest BCUT2D eigenvalue weighted by molar-refractivity contribution is 6.12. The zero-order chi connectivity index (χ0) is 33.9. The quantitative estimate of drug-likeness (QED) is 0.141. The van der Waals surface area contributed by atoms with Gasteiger partial charge in [-0.1, -0.05) is 84.9 Å². The highest BCUT2D eigenvalue weighted by atomic mass is 16.4. The van der Waals surface area contributed by atoms with Crippen molar-refractivity contribution in [2.24, 2.45) is 5.73 Å². The number of aromatic amines is 2. The Labute approximate surface area is 282 Å². The van der Waals surface area contributed by atoms with Crippen molar-refractivity contribution in [2.75, 3.05) is 5.32 Å². The third-order valence-electron chi connectivity index (χ3n) is 8.89. The number of carboxylic acids is 1. The molecule has 242 valence electrons. The molecule has 4 aromatic carbocycles. The van der Waals surface area contributed by atoms with E-state index in [1.54, 1.807) is 12.1 Å². The van der Waals surface area contributed by atoms with E-state index >= 15 is 0 Å². The van der Waals surface area contributed by atoms with Gasteiger partial charge in [0.25, 0.3) is 0 Å². The van der Waals surface area contributed by atoms with E-state index in [9.17, 15) is 14.7 Å². The summed E-state index contributed by atoms with van der Waals surface area (Å²) in [5, 5.41) is 16.2. The van der Waals surface area contributed by atoms with Crippen molar-refractivity contribution in [3.63, 3.8) is 0 Å². The minimum atomic E-state index is -1.12. The molecule has 0 aliphatic carbocycles. The number of carbonyl (C=O) groups excluding carboxylic acids is 1. The van der Waals surface area contributed by atoms with E-state index in [-0.39, 0.29) is 12.8 Å². The lowest BCUT2D eigenvalue weighted by Crippen LogP contribution is -2.30. The third kappa shape index (κ3) is 4.79. The zero-order valence-corrected chi connectivity index (χ0v) is 26.2. The second-order valence-corrected chi connectivity index (χ2v) is 12.0. The molecule has 0 unspecified atom stereocenters. The summed E-state index contributed by atoms with van der Waals surface area (Å²) < 4.78 is 0. The first-order chi connectivity index (χ1) is 24.4. The van der Waals surface area contributed by atoms with E-state index in [1.165, 1.54) is 0 Å². The number of hydrogen-bond donors (Lipinski definition) is 5. The molecule has 3 aromatic heterocycles. The van der Waals surface area contributed by atoms with E-state index < -0.39 is 17.9 Å². The summed E-state index contributed by atoms with van der Waals surface area (Å²) in [5.41, 5.74) is 11.1. The molecule has 0 spiro atoms. The largest absolute Gasteiger partial charge is 0.480 e. The monoisotopic (exact) mass is 658 g/mol. The molecule has 13 nitrogen and oxygen atoms in total. The molecule has 50 heavy (non-hydrogen) atoms. The van der Waals surface area contributed by atoms with Gasteiger partial charge in [-0.2, -0.15) is 0 Å². The van der Waals surface area contributed by atoms with E-state index in [0.717, 1.165) is 33.0 Å². The highest BCUT2D eigenvalue weighted by Gasteiger charge is 2.24. The first kappa shape index (κ1) is 29.1. The van der Waals surface area contributed by atoms with Gasteiger partial charge < -0.3 is 26.1 Å². The van der Waals surface area contributed by atoms with Crippen LogP contribution in [0.15, 0.2) is 91.0 Å². The molecule has 1 atom stereocenters. The van der Waals surface area contributed by atoms with Crippen LogP contribution in [-0.4, -0.2) is 62.9 Å². The standard InChI is InChI=1S/C37H26N10O3/c38-27(48)17-16-26(37(49)50)39-25-15-7-14-24-28(25)36-46-34-23-13-6-5-12-22(23)32(44-34)42-30-19-9-2-1-8-18(19)29(40-30)41-31-20-10-3-4-11-21(20)33(43-31)45-35(24)47-36/h1-15,26,39H,16-17H2,(H2,38,48)(H,49,50)(H2,40,41,42,43,44,45,46,47)/t26-/m0/s1. The lowest BCUT2D eigenvalue weighted by molar-refractivity contribution is -0.138. The first-order valence-electron chi connectivity index (χ1n) is 15.9. The minimum Gasteiger partial charge on any atom is -0.480 e. The SMILES string of the molecule is NC(=O)CC[C@H](Nc1cccc2c3nc4nc(nc5[nH]c(nc6nc(nc([nH]3)c12)-c1ccccc1-6)c1ccccc51)-c1ccccc1-4)C(=O)O. The minimum absolute atomic E-state index is 0.000200. The molecule has 7 aromatic rings. The first-order valence-corrected chi connectivity index (χ1v) is 15.9. The van der Waals surface area contributed by atoms with Crippen molar-refractivity contribution < 1.29 is 14.7 Å². The Balaban J connectivity index is 1.40. The number of nitrogens with zero attached hydrogens (tertiary/aromatic N) is 6. The molecule has 0 fully saturated rings. The number of aliphatic carboxylic acids is 1. The van der Waals surface area contributed by atoms with Gasteiger partial charge in [-0.15, -0.1) is 0 Å². The van der Waals surface area contributed by atoms with Crippen molar-refractivity contribution in [3.8, 4) is 45.6 Å². The summed E-state index contributed by atoms with van der Waals surface area (Å²) in [7, 11) is 0. The van der Waals surface area contributed by atoms with Crippen molar-refractivity contribution in [1.82, 2.24) is 39.9 Å². The van der Waals surface area contributed by atoms with E-state index in [0.29, 0.717) is 62.3 Å². The number of primary amides is 1. The van der Waals surface area contributed by atoms with E-state index in [4.69, 9.17) is 35.6 Å². The number of benzene rings is 4. The van der Waals surface area contributed by atoms with Crippen LogP contribution in [0.4, 0.5) is 5.69 Å². The van der Waals surface area contributed by atoms with Crippen LogP contribution in [0.1, 0.15) is 12.8 Å². The molecule has 5 heterocycles. The molecule has 0 radical (unpaired) electrons. The molecule has 2 aliphatic rings. The number of aromatic nitrogens is 8. The number of nitrogens with one attached hydrogen (secondary N) is 3. The Morgan fingerprint density at radius 2 is 1.04 bits per heavy atom. The number of fused-ring (bicyclic) bond motifs is 20. The van der Waals surface area contributed by atoms with Crippen molar-refractivity contribution >= 4 is 61.7 Å². The van der Waals surface area contributed by atoms with Crippen molar-refractivity contribution in [3.05, 3.63) is 91.0 Å².